The molecule has 1 fully saturated rings. The smallest absolute Gasteiger partial charge is 0.300 e. The summed E-state index contributed by atoms with van der Waals surface area (Å²) in [5.74, 6) is -1.97. The van der Waals surface area contributed by atoms with Crippen LogP contribution in [-0.4, -0.2) is 42.0 Å². The number of halogens is 2. The number of hydrogen-bond acceptors (Lipinski definition) is 7. The predicted molar refractivity (Wildman–Crippen MR) is 120 cm³/mol. The van der Waals surface area contributed by atoms with E-state index in [0.29, 0.717) is 17.8 Å². The van der Waals surface area contributed by atoms with E-state index in [4.69, 9.17) is 16.0 Å². The van der Waals surface area contributed by atoms with Crippen molar-refractivity contribution in [3.63, 3.8) is 0 Å². The normalized spacial score (nSPS) is 14.1. The molecule has 5 rings (SSSR count). The lowest BCUT2D eigenvalue weighted by Gasteiger charge is -2.33. The number of furan rings is 1. The number of hydrogen-bond donors (Lipinski definition) is 1. The van der Waals surface area contributed by atoms with Gasteiger partial charge in [-0.1, -0.05) is 24.9 Å². The number of aryl methyl sites for hydroxylation is 1. The first-order valence-corrected chi connectivity index (χ1v) is 12.2. The number of imidazole rings is 1. The van der Waals surface area contributed by atoms with Gasteiger partial charge in [0.2, 0.25) is 5.03 Å². The average molecular weight is 492 g/mol. The summed E-state index contributed by atoms with van der Waals surface area (Å²) in [6.45, 7) is 3.59. The van der Waals surface area contributed by atoms with Crippen LogP contribution in [0.25, 0.3) is 16.6 Å². The van der Waals surface area contributed by atoms with E-state index in [9.17, 15) is 17.6 Å². The van der Waals surface area contributed by atoms with Crippen LogP contribution >= 0.6 is 11.6 Å². The Labute approximate surface area is 193 Å². The van der Waals surface area contributed by atoms with Gasteiger partial charge in [0.1, 0.15) is 11.4 Å². The first-order valence-electron chi connectivity index (χ1n) is 10.4. The Morgan fingerprint density at radius 2 is 2.06 bits per heavy atom. The van der Waals surface area contributed by atoms with Gasteiger partial charge >= 0.3 is 5.91 Å². The van der Waals surface area contributed by atoms with Crippen molar-refractivity contribution >= 4 is 49.8 Å². The van der Waals surface area contributed by atoms with Crippen molar-refractivity contribution in [2.45, 2.75) is 31.2 Å². The summed E-state index contributed by atoms with van der Waals surface area (Å²) < 4.78 is 49.1. The molecule has 9 nitrogen and oxygen atoms in total. The van der Waals surface area contributed by atoms with E-state index in [1.165, 1.54) is 12.1 Å². The van der Waals surface area contributed by atoms with Gasteiger partial charge in [-0.2, -0.15) is 18.0 Å². The largest absolute Gasteiger partial charge is 0.451 e. The van der Waals surface area contributed by atoms with Crippen LogP contribution in [0.1, 0.15) is 36.0 Å². The van der Waals surface area contributed by atoms with Crippen LogP contribution in [0.5, 0.6) is 0 Å². The number of carbonyl (C=O) groups is 1. The quantitative estimate of drug-likeness (QED) is 0.439. The fourth-order valence-electron chi connectivity index (χ4n) is 3.71. The van der Waals surface area contributed by atoms with E-state index in [-0.39, 0.29) is 27.5 Å². The van der Waals surface area contributed by atoms with E-state index >= 15 is 0 Å². The van der Waals surface area contributed by atoms with Crippen molar-refractivity contribution in [2.75, 3.05) is 18.0 Å². The van der Waals surface area contributed by atoms with E-state index in [1.54, 1.807) is 18.2 Å². The molecular weight excluding hydrogens is 473 g/mol. The van der Waals surface area contributed by atoms with Gasteiger partial charge in [0, 0.05) is 30.9 Å². The Hall–Kier alpha value is -3.18. The molecule has 1 aliphatic rings. The first kappa shape index (κ1) is 21.7. The van der Waals surface area contributed by atoms with Crippen LogP contribution in [0.2, 0.25) is 5.15 Å². The highest BCUT2D eigenvalue weighted by atomic mass is 35.5. The monoisotopic (exact) mass is 491 g/mol. The first-order chi connectivity index (χ1) is 15.8. The molecule has 0 radical (unpaired) electrons. The summed E-state index contributed by atoms with van der Waals surface area (Å²) in [7, 11) is -4.47. The Morgan fingerprint density at radius 3 is 2.76 bits per heavy atom. The molecule has 1 saturated heterocycles. The number of nitrogens with zero attached hydrogens (tertiary/aromatic N) is 4. The molecule has 4 aromatic rings. The highest BCUT2D eigenvalue weighted by Gasteiger charge is 2.29. The summed E-state index contributed by atoms with van der Waals surface area (Å²) in [5, 5.41) is 3.57. The Bertz CT molecular complexity index is 1510. The lowest BCUT2D eigenvalue weighted by Crippen LogP contribution is -2.36. The van der Waals surface area contributed by atoms with Crippen LogP contribution in [0.3, 0.4) is 0 Å². The number of rotatable bonds is 6. The molecule has 1 aromatic carbocycles. The molecule has 0 atom stereocenters. The predicted octanol–water partition coefficient (Wildman–Crippen LogP) is 3.55. The van der Waals surface area contributed by atoms with E-state index < -0.39 is 26.8 Å². The Morgan fingerprint density at radius 1 is 1.27 bits per heavy atom. The van der Waals surface area contributed by atoms with Crippen LogP contribution in [0.15, 0.2) is 39.8 Å². The lowest BCUT2D eigenvalue weighted by atomic mass is 10.1. The van der Waals surface area contributed by atoms with E-state index in [1.807, 2.05) is 16.5 Å². The summed E-state index contributed by atoms with van der Waals surface area (Å²) in [6.07, 6.45) is 2.45. The third-order valence-electron chi connectivity index (χ3n) is 5.46. The van der Waals surface area contributed by atoms with Gasteiger partial charge in [-0.25, -0.2) is 14.1 Å². The second kappa shape index (κ2) is 7.99. The fourth-order valence-corrected chi connectivity index (χ4v) is 5.25. The highest BCUT2D eigenvalue weighted by molar-refractivity contribution is 7.90. The van der Waals surface area contributed by atoms with Crippen molar-refractivity contribution in [3.8, 4) is 0 Å². The minimum Gasteiger partial charge on any atom is -0.451 e. The topological polar surface area (TPSA) is 110 Å². The molecule has 3 aromatic heterocycles. The maximum atomic E-state index is 14.6. The minimum atomic E-state index is -4.47. The van der Waals surface area contributed by atoms with E-state index in [2.05, 4.69) is 10.1 Å². The van der Waals surface area contributed by atoms with Crippen molar-refractivity contribution < 1.29 is 22.0 Å². The van der Waals surface area contributed by atoms with Gasteiger partial charge < -0.3 is 9.32 Å². The lowest BCUT2D eigenvalue weighted by molar-refractivity contribution is 0.0956. The number of amides is 1. The fraction of sp³-hybridized carbons (Fsp3) is 0.286. The van der Waals surface area contributed by atoms with Gasteiger partial charge in [0.25, 0.3) is 10.0 Å². The number of carbonyl (C=O) groups excluding carboxylic acids is 1. The molecule has 1 amide bonds. The molecule has 0 aliphatic carbocycles. The molecule has 33 heavy (non-hydrogen) atoms. The molecule has 0 saturated carbocycles. The van der Waals surface area contributed by atoms with E-state index in [0.717, 1.165) is 30.4 Å². The number of benzene rings is 1. The van der Waals surface area contributed by atoms with Gasteiger partial charge in [-0.3, -0.25) is 4.79 Å². The maximum Gasteiger partial charge on any atom is 0.300 e. The second-order valence-electron chi connectivity index (χ2n) is 7.78. The highest BCUT2D eigenvalue weighted by Crippen LogP contribution is 2.30. The van der Waals surface area contributed by atoms with Crippen LogP contribution in [-0.2, 0) is 16.4 Å². The molecule has 1 N–H and O–H groups in total. The molecule has 0 unspecified atom stereocenters. The van der Waals surface area contributed by atoms with Crippen LogP contribution < -0.4 is 9.62 Å². The summed E-state index contributed by atoms with van der Waals surface area (Å²) in [5.41, 5.74) is 1.66. The molecule has 12 heteroatoms. The Kier molecular flexibility index (Phi) is 5.25. The molecule has 0 bridgehead atoms. The summed E-state index contributed by atoms with van der Waals surface area (Å²) in [4.78, 5) is 18.7. The molecule has 0 spiro atoms. The van der Waals surface area contributed by atoms with Crippen molar-refractivity contribution in [1.82, 2.24) is 19.3 Å². The van der Waals surface area contributed by atoms with Crippen molar-refractivity contribution in [1.29, 1.82) is 0 Å². The zero-order valence-corrected chi connectivity index (χ0v) is 19.1. The van der Waals surface area contributed by atoms with Crippen LogP contribution in [0, 0.1) is 5.82 Å². The molecular formula is C21H19ClFN5O4S. The van der Waals surface area contributed by atoms with Crippen LogP contribution in [0.4, 0.5) is 10.1 Å². The Balaban J connectivity index is 1.48. The summed E-state index contributed by atoms with van der Waals surface area (Å²) >= 11 is 6.08. The minimum absolute atomic E-state index is 0.0838. The standard InChI is InChI=1S/C21H19ClFN5O4S/c1-2-4-12-5-6-18-24-19(22)21(28(18)25-12)33(30,31)26-20(29)17-11-14-15(23)9-13(10-16(14)32-17)27-7-3-8-27/h5-6,9-11H,2-4,7-8H2,1H3,(H,26,29). The number of fused-ring (bicyclic) bond motifs is 2. The third-order valence-corrected chi connectivity index (χ3v) is 7.16. The van der Waals surface area contributed by atoms with Crippen molar-refractivity contribution in [2.24, 2.45) is 0 Å². The average Bonchev–Trinajstić information content (AvgIpc) is 3.27. The van der Waals surface area contributed by atoms with Gasteiger partial charge in [-0.05, 0) is 31.0 Å². The third kappa shape index (κ3) is 3.80. The zero-order chi connectivity index (χ0) is 23.3. The molecule has 172 valence electrons. The number of nitrogens with one attached hydrogen (secondary N) is 1. The van der Waals surface area contributed by atoms with Gasteiger partial charge in [0.15, 0.2) is 16.6 Å². The molecule has 1 aliphatic heterocycles. The second-order valence-corrected chi connectivity index (χ2v) is 9.73. The number of aromatic nitrogens is 3. The number of anilines is 1. The number of sulfonamides is 1. The van der Waals surface area contributed by atoms with Gasteiger partial charge in [0.05, 0.1) is 11.1 Å². The van der Waals surface area contributed by atoms with Gasteiger partial charge in [-0.15, -0.1) is 0 Å². The zero-order valence-electron chi connectivity index (χ0n) is 17.5. The summed E-state index contributed by atoms with van der Waals surface area (Å²) in [6, 6.07) is 7.50. The molecule has 4 heterocycles. The van der Waals surface area contributed by atoms with Crippen molar-refractivity contribution in [3.05, 3.63) is 52.8 Å². The maximum absolute atomic E-state index is 14.6. The SMILES string of the molecule is CCCc1ccc2nc(Cl)c(S(=O)(=O)NC(=O)c3cc4c(F)cc(N5CCC5)cc4o3)n2n1.